The maximum absolute atomic E-state index is 11.1. The Bertz CT molecular complexity index is 1330. The van der Waals surface area contributed by atoms with Gasteiger partial charge in [0, 0.05) is 42.2 Å². The molecule has 0 saturated heterocycles. The van der Waals surface area contributed by atoms with E-state index in [1.54, 1.807) is 29.6 Å². The first kappa shape index (κ1) is 24.3. The first-order valence-corrected chi connectivity index (χ1v) is 11.3. The van der Waals surface area contributed by atoms with Gasteiger partial charge in [-0.2, -0.15) is 0 Å². The third-order valence-corrected chi connectivity index (χ3v) is 5.29. The lowest BCUT2D eigenvalue weighted by atomic mass is 10.2. The molecule has 0 bridgehead atoms. The number of carbonyl (C=O) groups excluding carboxylic acids is 1. The molecule has 6 N–H and O–H groups in total. The van der Waals surface area contributed by atoms with Crippen molar-refractivity contribution in [3.8, 4) is 11.4 Å². The maximum Gasteiger partial charge on any atom is 0.236 e. The summed E-state index contributed by atoms with van der Waals surface area (Å²) in [5.74, 6) is 0.545. The minimum Gasteiger partial charge on any atom is -0.368 e. The number of aromatic amines is 1. The Morgan fingerprint density at radius 3 is 2.39 bits per heavy atom. The Morgan fingerprint density at radius 1 is 0.972 bits per heavy atom. The molecule has 3 heterocycles. The molecule has 5 rings (SSSR count). The van der Waals surface area contributed by atoms with Crippen LogP contribution in [-0.2, 0) is 4.79 Å². The van der Waals surface area contributed by atoms with Crippen LogP contribution in [0.1, 0.15) is 0 Å². The number of nitrogens with zero attached hydrogens (tertiary/aromatic N) is 5. The highest BCUT2D eigenvalue weighted by molar-refractivity contribution is 5.85. The van der Waals surface area contributed by atoms with Gasteiger partial charge in [0.25, 0.3) is 0 Å². The fourth-order valence-corrected chi connectivity index (χ4v) is 3.47. The maximum atomic E-state index is 11.1. The molecule has 0 spiro atoms. The first-order chi connectivity index (χ1) is 17.5. The predicted octanol–water partition coefficient (Wildman–Crippen LogP) is 3.09. The summed E-state index contributed by atoms with van der Waals surface area (Å²) in [6, 6.07) is 22.6. The van der Waals surface area contributed by atoms with Crippen LogP contribution in [0.25, 0.3) is 22.3 Å². The van der Waals surface area contributed by atoms with E-state index in [1.807, 2.05) is 55.6 Å². The standard InChI is InChI=1S/C13H15N5O.C13H12N4/c14-11(12(15)19)9-18(10-5-2-1-3-6-10)13-16-7-4-8-17-13;1-14-13-15-7-6-11(17-13)12-8-9-4-2-3-5-10(9)16-12/h1-8,11H,9,14H2,(H2,15,19);2-8,16H,1H3,(H,14,15,17)/t11-;/m0./s1. The lowest BCUT2D eigenvalue weighted by molar-refractivity contribution is -0.119. The van der Waals surface area contributed by atoms with Gasteiger partial charge in [0.1, 0.15) is 6.04 Å². The molecule has 10 nitrogen and oxygen atoms in total. The fraction of sp³-hybridized carbons (Fsp3) is 0.115. The van der Waals surface area contributed by atoms with E-state index in [-0.39, 0.29) is 6.54 Å². The second kappa shape index (κ2) is 11.5. The first-order valence-electron chi connectivity index (χ1n) is 11.3. The molecule has 182 valence electrons. The van der Waals surface area contributed by atoms with Crippen molar-refractivity contribution in [1.82, 2.24) is 24.9 Å². The Hall–Kier alpha value is -4.83. The van der Waals surface area contributed by atoms with Crippen LogP contribution in [0.2, 0.25) is 0 Å². The van der Waals surface area contributed by atoms with E-state index in [4.69, 9.17) is 11.5 Å². The molecule has 0 unspecified atom stereocenters. The van der Waals surface area contributed by atoms with Gasteiger partial charge in [-0.25, -0.2) is 19.9 Å². The van der Waals surface area contributed by atoms with E-state index < -0.39 is 11.9 Å². The van der Waals surface area contributed by atoms with Crippen LogP contribution in [0.5, 0.6) is 0 Å². The third-order valence-electron chi connectivity index (χ3n) is 5.29. The zero-order valence-electron chi connectivity index (χ0n) is 19.7. The lowest BCUT2D eigenvalue weighted by Crippen LogP contribution is -2.45. The van der Waals surface area contributed by atoms with Crippen molar-refractivity contribution in [3.05, 3.63) is 91.4 Å². The molecule has 36 heavy (non-hydrogen) atoms. The van der Waals surface area contributed by atoms with E-state index in [9.17, 15) is 4.79 Å². The van der Waals surface area contributed by atoms with Gasteiger partial charge in [-0.15, -0.1) is 0 Å². The molecule has 5 aromatic rings. The third kappa shape index (κ3) is 5.99. The molecule has 0 aliphatic heterocycles. The topological polar surface area (TPSA) is 152 Å². The van der Waals surface area contributed by atoms with Crippen LogP contribution in [0, 0.1) is 0 Å². The van der Waals surface area contributed by atoms with E-state index in [1.165, 1.54) is 5.39 Å². The normalized spacial score (nSPS) is 11.3. The number of primary amides is 1. The van der Waals surface area contributed by atoms with Gasteiger partial charge in [-0.05, 0) is 36.4 Å². The van der Waals surface area contributed by atoms with E-state index >= 15 is 0 Å². The number of benzene rings is 2. The highest BCUT2D eigenvalue weighted by Crippen LogP contribution is 2.23. The number of nitrogens with two attached hydrogens (primary N) is 2. The molecular formula is C26H27N9O. The number of aromatic nitrogens is 5. The summed E-state index contributed by atoms with van der Waals surface area (Å²) in [5.41, 5.74) is 14.8. The average Bonchev–Trinajstić information content (AvgIpc) is 3.37. The summed E-state index contributed by atoms with van der Waals surface area (Å²) in [5, 5.41) is 4.12. The highest BCUT2D eigenvalue weighted by atomic mass is 16.1. The summed E-state index contributed by atoms with van der Waals surface area (Å²) in [6.07, 6.45) is 5.02. The number of para-hydroxylation sites is 2. The Labute approximate surface area is 208 Å². The lowest BCUT2D eigenvalue weighted by Gasteiger charge is -2.24. The van der Waals surface area contributed by atoms with Crippen LogP contribution in [0.3, 0.4) is 0 Å². The van der Waals surface area contributed by atoms with Crippen LogP contribution < -0.4 is 21.7 Å². The molecule has 10 heteroatoms. The molecule has 1 atom stereocenters. The molecule has 1 amide bonds. The van der Waals surface area contributed by atoms with Crippen LogP contribution in [0.4, 0.5) is 17.6 Å². The van der Waals surface area contributed by atoms with Gasteiger partial charge >= 0.3 is 0 Å². The van der Waals surface area contributed by atoms with Crippen molar-refractivity contribution in [2.75, 3.05) is 23.8 Å². The summed E-state index contributed by atoms with van der Waals surface area (Å²) in [7, 11) is 1.81. The van der Waals surface area contributed by atoms with Crippen molar-refractivity contribution >= 4 is 34.4 Å². The Morgan fingerprint density at radius 2 is 1.69 bits per heavy atom. The predicted molar refractivity (Wildman–Crippen MR) is 142 cm³/mol. The SMILES string of the molecule is CNc1nccc(-c2cc3ccccc3[nH]2)n1.NC(=O)[C@@H](N)CN(c1ccccc1)c1ncccn1. The van der Waals surface area contributed by atoms with Gasteiger partial charge in [0.2, 0.25) is 17.8 Å². The smallest absolute Gasteiger partial charge is 0.236 e. The monoisotopic (exact) mass is 481 g/mol. The van der Waals surface area contributed by atoms with Crippen LogP contribution >= 0.6 is 0 Å². The van der Waals surface area contributed by atoms with Gasteiger partial charge in [0.05, 0.1) is 17.9 Å². The molecule has 0 aliphatic carbocycles. The van der Waals surface area contributed by atoms with Crippen LogP contribution in [-0.4, -0.2) is 50.5 Å². The van der Waals surface area contributed by atoms with E-state index in [2.05, 4.69) is 48.4 Å². The quantitative estimate of drug-likeness (QED) is 0.277. The van der Waals surface area contributed by atoms with Crippen molar-refractivity contribution in [3.63, 3.8) is 0 Å². The fourth-order valence-electron chi connectivity index (χ4n) is 3.47. The van der Waals surface area contributed by atoms with Crippen molar-refractivity contribution in [2.45, 2.75) is 6.04 Å². The number of rotatable bonds is 7. The number of anilines is 3. The van der Waals surface area contributed by atoms with Gasteiger partial charge < -0.3 is 26.7 Å². The second-order valence-corrected chi connectivity index (χ2v) is 7.79. The van der Waals surface area contributed by atoms with Crippen LogP contribution in [0.15, 0.2) is 91.4 Å². The summed E-state index contributed by atoms with van der Waals surface area (Å²) in [4.78, 5) is 33.1. The zero-order valence-corrected chi connectivity index (χ0v) is 19.7. The minimum absolute atomic E-state index is 0.226. The molecular weight excluding hydrogens is 454 g/mol. The number of carbonyl (C=O) groups is 1. The molecule has 2 aromatic carbocycles. The second-order valence-electron chi connectivity index (χ2n) is 7.79. The Balaban J connectivity index is 0.000000170. The molecule has 0 fully saturated rings. The van der Waals surface area contributed by atoms with E-state index in [0.717, 1.165) is 22.6 Å². The summed E-state index contributed by atoms with van der Waals surface area (Å²) >= 11 is 0. The van der Waals surface area contributed by atoms with Gasteiger partial charge in [-0.3, -0.25) is 4.79 Å². The van der Waals surface area contributed by atoms with Crippen molar-refractivity contribution in [1.29, 1.82) is 0 Å². The highest BCUT2D eigenvalue weighted by Gasteiger charge is 2.18. The van der Waals surface area contributed by atoms with Gasteiger partial charge in [-0.1, -0.05) is 36.4 Å². The van der Waals surface area contributed by atoms with E-state index in [0.29, 0.717) is 11.9 Å². The zero-order chi connectivity index (χ0) is 25.3. The number of fused-ring (bicyclic) bond motifs is 1. The minimum atomic E-state index is -0.788. The number of hydrogen-bond donors (Lipinski definition) is 4. The van der Waals surface area contributed by atoms with Crippen molar-refractivity contribution < 1.29 is 4.79 Å². The largest absolute Gasteiger partial charge is 0.368 e. The van der Waals surface area contributed by atoms with Gasteiger partial charge in [0.15, 0.2) is 0 Å². The summed E-state index contributed by atoms with van der Waals surface area (Å²) in [6.45, 7) is 0.226. The summed E-state index contributed by atoms with van der Waals surface area (Å²) < 4.78 is 0. The average molecular weight is 482 g/mol. The molecule has 3 aromatic heterocycles. The molecule has 0 radical (unpaired) electrons. The Kier molecular flexibility index (Phi) is 7.79. The number of amides is 1. The van der Waals surface area contributed by atoms with Crippen molar-refractivity contribution in [2.24, 2.45) is 11.5 Å². The molecule has 0 saturated carbocycles. The number of hydrogen-bond acceptors (Lipinski definition) is 8. The number of H-pyrrole nitrogens is 1. The number of nitrogens with one attached hydrogen (secondary N) is 2. The molecule has 0 aliphatic rings.